The van der Waals surface area contributed by atoms with Crippen LogP contribution in [0.5, 0.6) is 0 Å². The van der Waals surface area contributed by atoms with Gasteiger partial charge >= 0.3 is 5.97 Å². The molecular weight excluding hydrogens is 208 g/mol. The fraction of sp³-hybridized carbons (Fsp3) is 0.833. The lowest BCUT2D eigenvalue weighted by Crippen LogP contribution is -1.88. The second kappa shape index (κ2) is 48.0. The summed E-state index contributed by atoms with van der Waals surface area (Å²) in [6.45, 7) is 4.42. The van der Waals surface area contributed by atoms with E-state index in [2.05, 4.69) is 9.47 Å². The van der Waals surface area contributed by atoms with Crippen LogP contribution in [0.1, 0.15) is 50.5 Å². The molecule has 16 heavy (non-hydrogen) atoms. The first-order valence-electron chi connectivity index (χ1n) is 3.34. The van der Waals surface area contributed by atoms with Gasteiger partial charge in [-0.3, -0.25) is 4.79 Å². The number of carbonyl (C=O) groups excluding carboxylic acids is 2. The lowest BCUT2D eigenvalue weighted by atomic mass is 10.6. The van der Waals surface area contributed by atoms with Crippen molar-refractivity contribution in [2.24, 2.45) is 0 Å². The largest absolute Gasteiger partial charge is 0.469 e. The van der Waals surface area contributed by atoms with Crippen LogP contribution in [0.4, 0.5) is 0 Å². The highest BCUT2D eigenvalue weighted by molar-refractivity contribution is 5.72. The van der Waals surface area contributed by atoms with Crippen LogP contribution >= 0.6 is 0 Å². The highest BCUT2D eigenvalue weighted by Gasteiger charge is 1.75. The van der Waals surface area contributed by atoms with E-state index in [1.807, 2.05) is 0 Å². The number of hydrogen-bond donors (Lipinski definition) is 0. The Kier molecular flexibility index (Phi) is 137. The highest BCUT2D eigenvalue weighted by atomic mass is 16.5. The Morgan fingerprint density at radius 3 is 0.812 bits per heavy atom. The van der Waals surface area contributed by atoms with Crippen LogP contribution < -0.4 is 0 Å². The van der Waals surface area contributed by atoms with E-state index in [4.69, 9.17) is 0 Å². The molecule has 0 unspecified atom stereocenters. The molecule has 0 aliphatic carbocycles. The molecule has 0 aromatic heterocycles. The summed E-state index contributed by atoms with van der Waals surface area (Å²) < 4.78 is 8.36. The number of methoxy groups -OCH3 is 2. The zero-order valence-corrected chi connectivity index (χ0v) is 8.63. The van der Waals surface area contributed by atoms with Gasteiger partial charge in [-0.05, 0) is 13.8 Å². The van der Waals surface area contributed by atoms with Crippen molar-refractivity contribution in [3.05, 3.63) is 0 Å². The molecule has 106 valence electrons. The van der Waals surface area contributed by atoms with Crippen LogP contribution in [0.2, 0.25) is 0 Å². The van der Waals surface area contributed by atoms with Crippen LogP contribution in [0.15, 0.2) is 0 Å². The van der Waals surface area contributed by atoms with E-state index >= 15 is 0 Å². The molecule has 0 amide bonds. The molecule has 4 nitrogen and oxygen atoms in total. The van der Waals surface area contributed by atoms with Gasteiger partial charge < -0.3 is 14.3 Å². The van der Waals surface area contributed by atoms with E-state index in [9.17, 15) is 9.59 Å². The molecule has 0 aromatic carbocycles. The summed E-state index contributed by atoms with van der Waals surface area (Å²) in [4.78, 5) is 19.0. The molecule has 0 spiro atoms. The molecule has 4 heteroatoms. The Morgan fingerprint density at radius 2 is 0.812 bits per heavy atom. The zero-order chi connectivity index (χ0) is 10.6. The summed E-state index contributed by atoms with van der Waals surface area (Å²) in [6, 6.07) is 0. The zero-order valence-electron chi connectivity index (χ0n) is 8.63. The minimum Gasteiger partial charge on any atom is -0.469 e. The topological polar surface area (TPSA) is 52.6 Å². The molecule has 0 saturated heterocycles. The predicted octanol–water partition coefficient (Wildman–Crippen LogP) is 3.58. The molecule has 0 rings (SSSR count). The van der Waals surface area contributed by atoms with Gasteiger partial charge in [0.15, 0.2) is 0 Å². The number of esters is 1. The van der Waals surface area contributed by atoms with Crippen LogP contribution in [0, 0.1) is 0 Å². The van der Waals surface area contributed by atoms with Gasteiger partial charge in [-0.25, -0.2) is 0 Å². The average Bonchev–Trinajstić information content (AvgIpc) is 1.88. The van der Waals surface area contributed by atoms with Crippen molar-refractivity contribution < 1.29 is 19.1 Å². The Balaban J connectivity index is -0.0000000138. The van der Waals surface area contributed by atoms with E-state index < -0.39 is 0 Å². The SMILES string of the molecule is C.C.C.C.CC(C)=O.COC.COC(C)=O. The summed E-state index contributed by atoms with van der Waals surface area (Å²) in [5.41, 5.74) is 0. The van der Waals surface area contributed by atoms with Crippen LogP contribution in [-0.4, -0.2) is 33.1 Å². The first-order chi connectivity index (χ1) is 5.42. The molecule has 0 heterocycles. The third kappa shape index (κ3) is 1590. The minimum atomic E-state index is -0.245. The summed E-state index contributed by atoms with van der Waals surface area (Å²) in [5, 5.41) is 0. The molecule has 0 aliphatic rings. The van der Waals surface area contributed by atoms with Gasteiger partial charge in [-0.2, -0.15) is 0 Å². The lowest BCUT2D eigenvalue weighted by Gasteiger charge is -1.80. The van der Waals surface area contributed by atoms with Gasteiger partial charge in [-0.1, -0.05) is 29.7 Å². The van der Waals surface area contributed by atoms with E-state index in [1.54, 1.807) is 14.2 Å². The number of ether oxygens (including phenoxy) is 2. The number of rotatable bonds is 0. The Hall–Kier alpha value is -0.900. The maximum Gasteiger partial charge on any atom is 0.302 e. The van der Waals surface area contributed by atoms with Crippen molar-refractivity contribution in [2.45, 2.75) is 50.5 Å². The molecular formula is C12H34O4. The number of hydrogen-bond acceptors (Lipinski definition) is 4. The normalized spacial score (nSPS) is 4.88. The molecule has 0 bridgehead atoms. The molecule has 0 radical (unpaired) electrons. The summed E-state index contributed by atoms with van der Waals surface area (Å²) in [7, 11) is 4.60. The van der Waals surface area contributed by atoms with Gasteiger partial charge in [0.1, 0.15) is 5.78 Å². The monoisotopic (exact) mass is 242 g/mol. The standard InChI is InChI=1S/C3H6O2.C3H6O.C2H6O.4CH4/c1-3(4)5-2;1-3(2)4;1-3-2;;;;/h1-2H3;1-2H3;1-2H3;4*1H4. The first-order valence-corrected chi connectivity index (χ1v) is 3.34. The first kappa shape index (κ1) is 45.8. The third-order valence-electron chi connectivity index (χ3n) is 0.287. The van der Waals surface area contributed by atoms with Gasteiger partial charge in [0, 0.05) is 21.1 Å². The summed E-state index contributed by atoms with van der Waals surface area (Å²) >= 11 is 0. The molecule has 0 aliphatic heterocycles. The quantitative estimate of drug-likeness (QED) is 0.609. The van der Waals surface area contributed by atoms with Gasteiger partial charge in [0.2, 0.25) is 0 Å². The van der Waals surface area contributed by atoms with E-state index in [-0.39, 0.29) is 41.5 Å². The van der Waals surface area contributed by atoms with E-state index in [0.29, 0.717) is 0 Å². The van der Waals surface area contributed by atoms with Crippen molar-refractivity contribution in [2.75, 3.05) is 21.3 Å². The van der Waals surface area contributed by atoms with Crippen molar-refractivity contribution >= 4 is 11.8 Å². The van der Waals surface area contributed by atoms with E-state index in [0.717, 1.165) is 0 Å². The third-order valence-corrected chi connectivity index (χ3v) is 0.287. The smallest absolute Gasteiger partial charge is 0.302 e. The van der Waals surface area contributed by atoms with Gasteiger partial charge in [0.05, 0.1) is 7.11 Å². The molecule has 0 aromatic rings. The average molecular weight is 242 g/mol. The van der Waals surface area contributed by atoms with Crippen LogP contribution in [0.3, 0.4) is 0 Å². The molecule has 0 atom stereocenters. The summed E-state index contributed by atoms with van der Waals surface area (Å²) in [5.74, 6) is -0.0787. The molecule has 0 N–H and O–H groups in total. The van der Waals surface area contributed by atoms with Crippen molar-refractivity contribution in [3.8, 4) is 0 Å². The lowest BCUT2D eigenvalue weighted by molar-refractivity contribution is -0.137. The fourth-order valence-electron chi connectivity index (χ4n) is 0. The van der Waals surface area contributed by atoms with Crippen LogP contribution in [0.25, 0.3) is 0 Å². The number of Topliss-reactive ketones (excluding diaryl/α,β-unsaturated/α-hetero) is 1. The minimum absolute atomic E-state index is 0. The summed E-state index contributed by atoms with van der Waals surface area (Å²) in [6.07, 6.45) is 0. The second-order valence-corrected chi connectivity index (χ2v) is 2.01. The Labute approximate surface area is 103 Å². The fourth-order valence-corrected chi connectivity index (χ4v) is 0. The van der Waals surface area contributed by atoms with Crippen molar-refractivity contribution in [3.63, 3.8) is 0 Å². The molecule has 0 saturated carbocycles. The maximum atomic E-state index is 9.59. The maximum absolute atomic E-state index is 9.59. The molecule has 0 fully saturated rings. The number of carbonyl (C=O) groups is 2. The van der Waals surface area contributed by atoms with Gasteiger partial charge in [-0.15, -0.1) is 0 Å². The Morgan fingerprint density at radius 1 is 0.750 bits per heavy atom. The predicted molar refractivity (Wildman–Crippen MR) is 73.9 cm³/mol. The van der Waals surface area contributed by atoms with Crippen molar-refractivity contribution in [1.29, 1.82) is 0 Å². The van der Waals surface area contributed by atoms with Crippen molar-refractivity contribution in [1.82, 2.24) is 0 Å². The highest BCUT2D eigenvalue weighted by Crippen LogP contribution is 1.60. The van der Waals surface area contributed by atoms with E-state index in [1.165, 1.54) is 27.9 Å². The second-order valence-electron chi connectivity index (χ2n) is 2.01. The number of ketones is 1. The van der Waals surface area contributed by atoms with Gasteiger partial charge in [0.25, 0.3) is 0 Å². The Bertz CT molecular complexity index is 108. The van der Waals surface area contributed by atoms with Crippen LogP contribution in [-0.2, 0) is 19.1 Å².